The largest absolute Gasteiger partial charge is 0.390 e. The summed E-state index contributed by atoms with van der Waals surface area (Å²) in [6.45, 7) is 6.12. The van der Waals surface area contributed by atoms with Crippen LogP contribution in [-0.2, 0) is 0 Å². The first-order valence-electron chi connectivity index (χ1n) is 6.63. The fourth-order valence-electron chi connectivity index (χ4n) is 2.18. The van der Waals surface area contributed by atoms with Crippen molar-refractivity contribution >= 4 is 23.5 Å². The van der Waals surface area contributed by atoms with Crippen molar-refractivity contribution in [1.82, 2.24) is 15.0 Å². The van der Waals surface area contributed by atoms with Crippen LogP contribution < -0.4 is 10.2 Å². The summed E-state index contributed by atoms with van der Waals surface area (Å²) >= 11 is 5.92. The number of rotatable bonds is 3. The lowest BCUT2D eigenvalue weighted by Gasteiger charge is -2.22. The molecule has 1 atom stereocenters. The lowest BCUT2D eigenvalue weighted by atomic mass is 9.98. The van der Waals surface area contributed by atoms with Gasteiger partial charge in [0.2, 0.25) is 17.2 Å². The molecule has 2 heterocycles. The summed E-state index contributed by atoms with van der Waals surface area (Å²) in [7, 11) is 0. The van der Waals surface area contributed by atoms with Crippen LogP contribution >= 0.6 is 11.6 Å². The van der Waals surface area contributed by atoms with E-state index in [4.69, 9.17) is 11.6 Å². The van der Waals surface area contributed by atoms with Gasteiger partial charge in [0.05, 0.1) is 5.60 Å². The van der Waals surface area contributed by atoms with E-state index in [9.17, 15) is 5.11 Å². The van der Waals surface area contributed by atoms with E-state index >= 15 is 0 Å². The molecule has 1 unspecified atom stereocenters. The summed E-state index contributed by atoms with van der Waals surface area (Å²) in [5, 5.41) is 13.3. The van der Waals surface area contributed by atoms with E-state index in [0.717, 1.165) is 32.5 Å². The molecule has 1 aromatic heterocycles. The van der Waals surface area contributed by atoms with E-state index in [2.05, 4.69) is 25.2 Å². The molecule has 0 radical (unpaired) electrons. The third-order valence-corrected chi connectivity index (χ3v) is 3.45. The third-order valence-electron chi connectivity index (χ3n) is 3.28. The standard InChI is InChI=1S/C12H20ClN5O/c1-3-14-10-15-9(13)16-11(17-10)18-7-4-5-12(2,19)6-8-18/h19H,3-8H2,1-2H3,(H,14,15,16,17). The second-order valence-electron chi connectivity index (χ2n) is 5.10. The maximum absolute atomic E-state index is 10.1. The number of nitrogens with zero attached hydrogens (tertiary/aromatic N) is 4. The monoisotopic (exact) mass is 285 g/mol. The van der Waals surface area contributed by atoms with Gasteiger partial charge in [0.1, 0.15) is 0 Å². The van der Waals surface area contributed by atoms with Crippen LogP contribution in [0.25, 0.3) is 0 Å². The molecular weight excluding hydrogens is 266 g/mol. The molecule has 1 saturated heterocycles. The molecule has 0 amide bonds. The zero-order valence-corrected chi connectivity index (χ0v) is 12.1. The minimum Gasteiger partial charge on any atom is -0.390 e. The number of halogens is 1. The van der Waals surface area contributed by atoms with Crippen LogP contribution in [0.5, 0.6) is 0 Å². The molecule has 0 aliphatic carbocycles. The molecule has 1 fully saturated rings. The molecule has 19 heavy (non-hydrogen) atoms. The van der Waals surface area contributed by atoms with Crippen molar-refractivity contribution in [2.75, 3.05) is 29.9 Å². The van der Waals surface area contributed by atoms with Gasteiger partial charge in [-0.2, -0.15) is 15.0 Å². The Morgan fingerprint density at radius 3 is 2.84 bits per heavy atom. The number of hydrogen-bond donors (Lipinski definition) is 2. The van der Waals surface area contributed by atoms with Crippen LogP contribution in [-0.4, -0.2) is 45.3 Å². The quantitative estimate of drug-likeness (QED) is 0.880. The second kappa shape index (κ2) is 5.88. The highest BCUT2D eigenvalue weighted by Gasteiger charge is 2.26. The molecule has 0 bridgehead atoms. The Labute approximate surface area is 118 Å². The van der Waals surface area contributed by atoms with Crippen LogP contribution in [0, 0.1) is 0 Å². The van der Waals surface area contributed by atoms with Crippen LogP contribution in [0.15, 0.2) is 0 Å². The maximum atomic E-state index is 10.1. The molecular formula is C12H20ClN5O. The fourth-order valence-corrected chi connectivity index (χ4v) is 2.34. The van der Waals surface area contributed by atoms with Crippen LogP contribution in [0.2, 0.25) is 5.28 Å². The van der Waals surface area contributed by atoms with Gasteiger partial charge < -0.3 is 15.3 Å². The third kappa shape index (κ3) is 3.91. The van der Waals surface area contributed by atoms with E-state index in [0.29, 0.717) is 18.3 Å². The molecule has 1 aliphatic rings. The van der Waals surface area contributed by atoms with E-state index < -0.39 is 5.60 Å². The van der Waals surface area contributed by atoms with Crippen LogP contribution in [0.3, 0.4) is 0 Å². The first-order valence-corrected chi connectivity index (χ1v) is 7.01. The molecule has 0 saturated carbocycles. The van der Waals surface area contributed by atoms with Gasteiger partial charge in [-0.05, 0) is 44.7 Å². The van der Waals surface area contributed by atoms with Gasteiger partial charge in [-0.15, -0.1) is 0 Å². The molecule has 7 heteroatoms. The highest BCUT2D eigenvalue weighted by atomic mass is 35.5. The Kier molecular flexibility index (Phi) is 4.42. The van der Waals surface area contributed by atoms with E-state index in [1.165, 1.54) is 0 Å². The van der Waals surface area contributed by atoms with Gasteiger partial charge in [0, 0.05) is 19.6 Å². The normalized spacial score (nSPS) is 24.1. The highest BCUT2D eigenvalue weighted by Crippen LogP contribution is 2.24. The average molecular weight is 286 g/mol. The van der Waals surface area contributed by atoms with Gasteiger partial charge in [0.25, 0.3) is 0 Å². The number of aliphatic hydroxyl groups is 1. The lowest BCUT2D eigenvalue weighted by Crippen LogP contribution is -2.29. The highest BCUT2D eigenvalue weighted by molar-refractivity contribution is 6.28. The molecule has 2 rings (SSSR count). The SMILES string of the molecule is CCNc1nc(Cl)nc(N2CCCC(C)(O)CC2)n1. The zero-order chi connectivity index (χ0) is 13.9. The maximum Gasteiger partial charge on any atom is 0.231 e. The minimum atomic E-state index is -0.601. The van der Waals surface area contributed by atoms with E-state index in [1.807, 2.05) is 13.8 Å². The lowest BCUT2D eigenvalue weighted by molar-refractivity contribution is 0.0481. The molecule has 1 aromatic rings. The van der Waals surface area contributed by atoms with Crippen LogP contribution in [0.1, 0.15) is 33.1 Å². The Balaban J connectivity index is 2.16. The minimum absolute atomic E-state index is 0.192. The first kappa shape index (κ1) is 14.3. The van der Waals surface area contributed by atoms with E-state index in [-0.39, 0.29) is 5.28 Å². The summed E-state index contributed by atoms with van der Waals surface area (Å²) in [6, 6.07) is 0. The summed E-state index contributed by atoms with van der Waals surface area (Å²) in [4.78, 5) is 14.6. The van der Waals surface area contributed by atoms with Crippen molar-refractivity contribution < 1.29 is 5.11 Å². The van der Waals surface area contributed by atoms with Crippen molar-refractivity contribution in [3.63, 3.8) is 0 Å². The fraction of sp³-hybridized carbons (Fsp3) is 0.750. The zero-order valence-electron chi connectivity index (χ0n) is 11.4. The second-order valence-corrected chi connectivity index (χ2v) is 5.43. The Hall–Kier alpha value is -1.14. The smallest absolute Gasteiger partial charge is 0.231 e. The van der Waals surface area contributed by atoms with Crippen molar-refractivity contribution in [2.24, 2.45) is 0 Å². The predicted octanol–water partition coefficient (Wildman–Crippen LogP) is 1.70. The molecule has 0 spiro atoms. The molecule has 6 nitrogen and oxygen atoms in total. The molecule has 1 aliphatic heterocycles. The predicted molar refractivity (Wildman–Crippen MR) is 75.7 cm³/mol. The molecule has 2 N–H and O–H groups in total. The molecule has 106 valence electrons. The Morgan fingerprint density at radius 1 is 1.32 bits per heavy atom. The summed E-state index contributed by atoms with van der Waals surface area (Å²) in [6.07, 6.45) is 2.40. The Bertz CT molecular complexity index is 440. The number of nitrogens with one attached hydrogen (secondary N) is 1. The van der Waals surface area contributed by atoms with Crippen LogP contribution in [0.4, 0.5) is 11.9 Å². The van der Waals surface area contributed by atoms with Gasteiger partial charge in [0.15, 0.2) is 0 Å². The Morgan fingerprint density at radius 2 is 2.11 bits per heavy atom. The number of aromatic nitrogens is 3. The van der Waals surface area contributed by atoms with Gasteiger partial charge in [-0.1, -0.05) is 0 Å². The van der Waals surface area contributed by atoms with Crippen molar-refractivity contribution in [3.05, 3.63) is 5.28 Å². The summed E-state index contributed by atoms with van der Waals surface area (Å²) in [5.74, 6) is 1.07. The average Bonchev–Trinajstić information content (AvgIpc) is 2.50. The molecule has 0 aromatic carbocycles. The van der Waals surface area contributed by atoms with Crippen molar-refractivity contribution in [2.45, 2.75) is 38.7 Å². The van der Waals surface area contributed by atoms with Gasteiger partial charge in [-0.3, -0.25) is 0 Å². The summed E-state index contributed by atoms with van der Waals surface area (Å²) in [5.41, 5.74) is -0.601. The van der Waals surface area contributed by atoms with Crippen molar-refractivity contribution in [1.29, 1.82) is 0 Å². The van der Waals surface area contributed by atoms with Crippen molar-refractivity contribution in [3.8, 4) is 0 Å². The number of hydrogen-bond acceptors (Lipinski definition) is 6. The van der Waals surface area contributed by atoms with Gasteiger partial charge >= 0.3 is 0 Å². The summed E-state index contributed by atoms with van der Waals surface area (Å²) < 4.78 is 0. The first-order chi connectivity index (χ1) is 9.00. The van der Waals surface area contributed by atoms with Gasteiger partial charge in [-0.25, -0.2) is 0 Å². The van der Waals surface area contributed by atoms with E-state index in [1.54, 1.807) is 0 Å². The number of anilines is 2. The topological polar surface area (TPSA) is 74.2 Å².